The summed E-state index contributed by atoms with van der Waals surface area (Å²) in [6.07, 6.45) is -5.28. The zero-order chi connectivity index (χ0) is 49.3. The molecule has 0 aromatic heterocycles. The van der Waals surface area contributed by atoms with Crippen molar-refractivity contribution in [2.75, 3.05) is 28.2 Å². The van der Waals surface area contributed by atoms with E-state index < -0.39 is 96.1 Å². The average Bonchev–Trinajstić information content (AvgIpc) is 3.23. The van der Waals surface area contributed by atoms with Crippen molar-refractivity contribution in [2.45, 2.75) is 171 Å². The lowest BCUT2D eigenvalue weighted by atomic mass is 10.00. The second-order valence-corrected chi connectivity index (χ2v) is 18.2. The molecule has 0 spiro atoms. The molecule has 1 saturated heterocycles. The summed E-state index contributed by atoms with van der Waals surface area (Å²) >= 11 is 0. The Balaban J connectivity index is 0.0000101. The molecule has 0 aliphatic carbocycles. The Bertz CT molecular complexity index is 1700. The Hall–Kier alpha value is -5.02. The zero-order valence-electron chi connectivity index (χ0n) is 41.5. The van der Waals surface area contributed by atoms with E-state index in [1.165, 1.54) is 49.0 Å². The molecule has 8 atom stereocenters. The van der Waals surface area contributed by atoms with Crippen LogP contribution in [0.4, 0.5) is 0 Å². The van der Waals surface area contributed by atoms with E-state index >= 15 is 0 Å². The van der Waals surface area contributed by atoms with E-state index in [0.717, 1.165) is 19.6 Å². The third-order valence-corrected chi connectivity index (χ3v) is 10.8. The van der Waals surface area contributed by atoms with Crippen LogP contribution in [0.5, 0.6) is 0 Å². The van der Waals surface area contributed by atoms with Crippen LogP contribution in [-0.4, -0.2) is 144 Å². The highest BCUT2D eigenvalue weighted by Gasteiger charge is 2.42. The molecule has 64 heavy (non-hydrogen) atoms. The SMILES string of the molecule is CC.CC(C)CC1C(=O)OC(C)C(=O)N(C)C(CC(C)C)C(=O)OC(Cc2ccccc2)C(=O)N(C)C(CC(C)C)C(=O)OC(C)C(=O)N(C)C(CC(C)C)C(=O)OC(C)C(=O)N1C. The van der Waals surface area contributed by atoms with Crippen LogP contribution in [0, 0.1) is 23.7 Å². The monoisotopic (exact) mass is 903 g/mol. The van der Waals surface area contributed by atoms with E-state index in [9.17, 15) is 38.4 Å². The van der Waals surface area contributed by atoms with Gasteiger partial charge in [-0.3, -0.25) is 19.2 Å². The molecule has 1 aromatic carbocycles. The van der Waals surface area contributed by atoms with Gasteiger partial charge in [0.05, 0.1) is 0 Å². The van der Waals surface area contributed by atoms with Crippen LogP contribution < -0.4 is 0 Å². The summed E-state index contributed by atoms with van der Waals surface area (Å²) in [6, 6.07) is 4.00. The van der Waals surface area contributed by atoms with Crippen molar-refractivity contribution in [3.8, 4) is 0 Å². The third kappa shape index (κ3) is 16.8. The molecule has 16 heteroatoms. The molecule has 0 N–H and O–H groups in total. The van der Waals surface area contributed by atoms with E-state index in [-0.39, 0.29) is 55.8 Å². The number of nitrogens with zero attached hydrogens (tertiary/aromatic N) is 4. The minimum Gasteiger partial charge on any atom is -0.451 e. The van der Waals surface area contributed by atoms with Gasteiger partial charge in [-0.15, -0.1) is 0 Å². The minimum absolute atomic E-state index is 0.0750. The molecule has 4 amide bonds. The fourth-order valence-electron chi connectivity index (χ4n) is 7.27. The van der Waals surface area contributed by atoms with Crippen molar-refractivity contribution < 1.29 is 57.3 Å². The lowest BCUT2D eigenvalue weighted by Gasteiger charge is -2.35. The standard InChI is InChI=1S/C46H72N4O12.C2H6/c1-26(2)21-34-43(55)59-30(9)39(51)47(12)35(22-27(3)4)44(56)60-32(11)41(53)49(14)37(24-29(7)8)46(58)62-38(25-33-19-17-16-18-20-33)42(54)50(15)36(23-28(5)6)45(57)61-31(10)40(52)48(34)13;1-2/h16-20,26-32,34-38H,21-25H2,1-15H3;1-2H3. The Morgan fingerprint density at radius 1 is 0.422 bits per heavy atom. The van der Waals surface area contributed by atoms with Gasteiger partial charge >= 0.3 is 23.9 Å². The van der Waals surface area contributed by atoms with Crippen molar-refractivity contribution in [2.24, 2.45) is 23.7 Å². The largest absolute Gasteiger partial charge is 0.451 e. The van der Waals surface area contributed by atoms with E-state index in [4.69, 9.17) is 18.9 Å². The molecule has 0 bridgehead atoms. The molecule has 362 valence electrons. The molecule has 0 radical (unpaired) electrons. The third-order valence-electron chi connectivity index (χ3n) is 10.8. The summed E-state index contributed by atoms with van der Waals surface area (Å²) in [5, 5.41) is 0. The van der Waals surface area contributed by atoms with Gasteiger partial charge in [-0.1, -0.05) is 99.6 Å². The number of ether oxygens (including phenoxy) is 4. The normalized spacial score (nSPS) is 25.8. The van der Waals surface area contributed by atoms with Gasteiger partial charge in [-0.2, -0.15) is 0 Å². The Morgan fingerprint density at radius 2 is 0.672 bits per heavy atom. The zero-order valence-corrected chi connectivity index (χ0v) is 41.5. The molecule has 1 aliphatic rings. The number of carbonyl (C=O) groups excluding carboxylic acids is 8. The van der Waals surface area contributed by atoms with Crippen molar-refractivity contribution in [3.63, 3.8) is 0 Å². The van der Waals surface area contributed by atoms with Crippen LogP contribution in [0.25, 0.3) is 0 Å². The van der Waals surface area contributed by atoms with Gasteiger partial charge in [0.1, 0.15) is 24.2 Å². The second-order valence-electron chi connectivity index (χ2n) is 18.2. The first-order valence-electron chi connectivity index (χ1n) is 22.7. The summed E-state index contributed by atoms with van der Waals surface area (Å²) < 4.78 is 23.1. The number of rotatable bonds is 10. The Kier molecular flexibility index (Phi) is 23.8. The highest BCUT2D eigenvalue weighted by molar-refractivity contribution is 5.94. The molecule has 0 saturated carbocycles. The predicted molar refractivity (Wildman–Crippen MR) is 242 cm³/mol. The highest BCUT2D eigenvalue weighted by Crippen LogP contribution is 2.23. The van der Waals surface area contributed by atoms with Crippen LogP contribution in [-0.2, 0) is 63.7 Å². The van der Waals surface area contributed by atoms with Crippen LogP contribution >= 0.6 is 0 Å². The second kappa shape index (κ2) is 26.7. The molecular weight excluding hydrogens is 825 g/mol. The van der Waals surface area contributed by atoms with Gasteiger partial charge < -0.3 is 38.5 Å². The maximum Gasteiger partial charge on any atom is 0.329 e. The van der Waals surface area contributed by atoms with Crippen LogP contribution in [0.1, 0.15) is 121 Å². The molecule has 1 heterocycles. The van der Waals surface area contributed by atoms with Gasteiger partial charge in [0.2, 0.25) is 0 Å². The van der Waals surface area contributed by atoms with Gasteiger partial charge in [0.25, 0.3) is 23.6 Å². The average molecular weight is 903 g/mol. The molecule has 16 nitrogen and oxygen atoms in total. The summed E-state index contributed by atoms with van der Waals surface area (Å²) in [4.78, 5) is 117. The quantitative estimate of drug-likeness (QED) is 0.213. The van der Waals surface area contributed by atoms with E-state index in [2.05, 4.69) is 0 Å². The number of cyclic esters (lactones) is 4. The summed E-state index contributed by atoms with van der Waals surface area (Å²) in [5.74, 6) is -7.01. The van der Waals surface area contributed by atoms with Gasteiger partial charge in [0.15, 0.2) is 24.4 Å². The number of likely N-dealkylation sites (N-methyl/N-ethyl adjacent to an activating group) is 4. The fourth-order valence-corrected chi connectivity index (χ4v) is 7.27. The summed E-state index contributed by atoms with van der Waals surface area (Å²) in [7, 11) is 5.51. The first kappa shape index (κ1) is 57.0. The maximum absolute atomic E-state index is 14.5. The smallest absolute Gasteiger partial charge is 0.329 e. The number of esters is 4. The molecule has 8 unspecified atom stereocenters. The van der Waals surface area contributed by atoms with Gasteiger partial charge in [-0.05, 0) is 75.7 Å². The van der Waals surface area contributed by atoms with E-state index in [1.807, 2.05) is 69.2 Å². The number of carbonyl (C=O) groups is 8. The van der Waals surface area contributed by atoms with Crippen LogP contribution in [0.3, 0.4) is 0 Å². The van der Waals surface area contributed by atoms with Crippen molar-refractivity contribution in [1.29, 1.82) is 0 Å². The highest BCUT2D eigenvalue weighted by atomic mass is 16.6. The molecule has 2 rings (SSSR count). The number of benzene rings is 1. The van der Waals surface area contributed by atoms with E-state index in [1.54, 1.807) is 30.3 Å². The molecule has 1 aliphatic heterocycles. The van der Waals surface area contributed by atoms with Crippen molar-refractivity contribution in [3.05, 3.63) is 35.9 Å². The van der Waals surface area contributed by atoms with Crippen molar-refractivity contribution >= 4 is 47.5 Å². The first-order chi connectivity index (χ1) is 29.8. The van der Waals surface area contributed by atoms with Crippen molar-refractivity contribution in [1.82, 2.24) is 19.6 Å². The topological polar surface area (TPSA) is 186 Å². The number of hydrogen-bond donors (Lipinski definition) is 0. The lowest BCUT2D eigenvalue weighted by Crippen LogP contribution is -2.54. The fraction of sp³-hybridized carbons (Fsp3) is 0.708. The minimum atomic E-state index is -1.46. The van der Waals surface area contributed by atoms with E-state index in [0.29, 0.717) is 5.56 Å². The lowest BCUT2D eigenvalue weighted by molar-refractivity contribution is -0.176. The Morgan fingerprint density at radius 3 is 0.938 bits per heavy atom. The van der Waals surface area contributed by atoms with Gasteiger partial charge in [0, 0.05) is 34.6 Å². The molecule has 1 fully saturated rings. The summed E-state index contributed by atoms with van der Waals surface area (Å²) in [5.41, 5.74) is 0.652. The maximum atomic E-state index is 14.5. The van der Waals surface area contributed by atoms with Crippen LogP contribution in [0.15, 0.2) is 30.3 Å². The van der Waals surface area contributed by atoms with Gasteiger partial charge in [-0.25, -0.2) is 19.2 Å². The predicted octanol–water partition coefficient (Wildman–Crippen LogP) is 5.47. The number of amides is 4. The Labute approximate surface area is 382 Å². The summed E-state index contributed by atoms with van der Waals surface area (Å²) in [6.45, 7) is 22.8. The first-order valence-corrected chi connectivity index (χ1v) is 22.7. The molecule has 1 aromatic rings. The number of hydrogen-bond acceptors (Lipinski definition) is 12. The molecular formula is C48H78N4O12. The van der Waals surface area contributed by atoms with Crippen LogP contribution in [0.2, 0.25) is 0 Å².